The van der Waals surface area contributed by atoms with Crippen LogP contribution in [0, 0.1) is 0 Å². The maximum absolute atomic E-state index is 6.55. The van der Waals surface area contributed by atoms with Gasteiger partial charge in [-0.1, -0.05) is 72.8 Å². The molecule has 0 bridgehead atoms. The fourth-order valence-electron chi connectivity index (χ4n) is 8.08. The average molecular weight is 630 g/mol. The lowest BCUT2D eigenvalue weighted by Crippen LogP contribution is -1.97. The van der Waals surface area contributed by atoms with Crippen molar-refractivity contribution in [3.05, 3.63) is 140 Å². The molecule has 0 aliphatic heterocycles. The second-order valence-corrected chi connectivity index (χ2v) is 12.6. The first-order valence-corrected chi connectivity index (χ1v) is 16.3. The van der Waals surface area contributed by atoms with Crippen molar-refractivity contribution in [2.24, 2.45) is 0 Å². The topological polar surface area (TPSA) is 66.3 Å². The molecule has 12 aromatic rings. The molecule has 0 atom stereocenters. The fraction of sp³-hybridized carbons (Fsp3) is 0. The molecule has 0 saturated carbocycles. The molecule has 0 amide bonds. The summed E-state index contributed by atoms with van der Waals surface area (Å²) in [7, 11) is 0. The summed E-state index contributed by atoms with van der Waals surface area (Å²) in [5.74, 6) is 0.817. The Labute approximate surface area is 276 Å². The van der Waals surface area contributed by atoms with Gasteiger partial charge in [-0.25, -0.2) is 4.98 Å². The molecule has 49 heavy (non-hydrogen) atoms. The molecule has 12 rings (SSSR count). The molecule has 0 N–H and O–H groups in total. The summed E-state index contributed by atoms with van der Waals surface area (Å²) in [6.45, 7) is 0. The number of pyridine rings is 1. The van der Waals surface area contributed by atoms with E-state index in [0.29, 0.717) is 0 Å². The Morgan fingerprint density at radius 2 is 1.10 bits per heavy atom. The highest BCUT2D eigenvalue weighted by Crippen LogP contribution is 2.42. The molecule has 0 saturated heterocycles. The van der Waals surface area contributed by atoms with Gasteiger partial charge in [0.25, 0.3) is 0 Å². The van der Waals surface area contributed by atoms with Gasteiger partial charge in [-0.15, -0.1) is 0 Å². The highest BCUT2D eigenvalue weighted by Gasteiger charge is 2.25. The number of para-hydroxylation sites is 6. The molecule has 0 radical (unpaired) electrons. The number of benzene rings is 6. The van der Waals surface area contributed by atoms with Crippen molar-refractivity contribution < 1.29 is 8.83 Å². The van der Waals surface area contributed by atoms with E-state index < -0.39 is 0 Å². The maximum atomic E-state index is 6.55. The van der Waals surface area contributed by atoms with Crippen LogP contribution in [-0.2, 0) is 0 Å². The van der Waals surface area contributed by atoms with E-state index in [4.69, 9.17) is 18.8 Å². The molecular formula is C42H23N5O2. The molecule has 7 nitrogen and oxygen atoms in total. The third-order valence-corrected chi connectivity index (χ3v) is 10.1. The van der Waals surface area contributed by atoms with E-state index in [2.05, 4.69) is 111 Å². The Kier molecular flexibility index (Phi) is 4.60. The molecule has 0 aliphatic rings. The van der Waals surface area contributed by atoms with Crippen LogP contribution < -0.4 is 0 Å². The first kappa shape index (κ1) is 25.3. The van der Waals surface area contributed by atoms with Crippen molar-refractivity contribution in [2.75, 3.05) is 0 Å². The fourth-order valence-corrected chi connectivity index (χ4v) is 8.08. The summed E-state index contributed by atoms with van der Waals surface area (Å²) >= 11 is 0. The van der Waals surface area contributed by atoms with Crippen molar-refractivity contribution in [1.82, 2.24) is 23.5 Å². The van der Waals surface area contributed by atoms with Gasteiger partial charge in [0.05, 0.1) is 39.0 Å². The van der Waals surface area contributed by atoms with Crippen LogP contribution in [0.3, 0.4) is 0 Å². The number of imidazole rings is 2. The summed E-state index contributed by atoms with van der Waals surface area (Å²) < 4.78 is 19.9. The van der Waals surface area contributed by atoms with Gasteiger partial charge < -0.3 is 13.4 Å². The Morgan fingerprint density at radius 3 is 1.98 bits per heavy atom. The van der Waals surface area contributed by atoms with E-state index in [-0.39, 0.29) is 0 Å². The van der Waals surface area contributed by atoms with Crippen LogP contribution in [0.4, 0.5) is 0 Å². The van der Waals surface area contributed by atoms with Crippen LogP contribution in [0.25, 0.3) is 105 Å². The van der Waals surface area contributed by atoms with Crippen LogP contribution in [0.1, 0.15) is 0 Å². The maximum Gasteiger partial charge on any atom is 0.220 e. The predicted octanol–water partition coefficient (Wildman–Crippen LogP) is 10.7. The lowest BCUT2D eigenvalue weighted by atomic mass is 10.1. The summed E-state index contributed by atoms with van der Waals surface area (Å²) in [6.07, 6.45) is 1.87. The van der Waals surface area contributed by atoms with Gasteiger partial charge in [0, 0.05) is 33.1 Å². The Balaban J connectivity index is 1.26. The third-order valence-electron chi connectivity index (χ3n) is 10.1. The molecule has 228 valence electrons. The van der Waals surface area contributed by atoms with Crippen LogP contribution >= 0.6 is 0 Å². The van der Waals surface area contributed by atoms with E-state index >= 15 is 0 Å². The molecule has 0 fully saturated rings. The lowest BCUT2D eigenvalue weighted by molar-refractivity contribution is 0.665. The molecule has 0 spiro atoms. The summed E-state index contributed by atoms with van der Waals surface area (Å²) in [5.41, 5.74) is 12.1. The zero-order valence-electron chi connectivity index (χ0n) is 25.8. The second kappa shape index (κ2) is 8.93. The normalized spacial score (nSPS) is 12.5. The van der Waals surface area contributed by atoms with Crippen molar-refractivity contribution in [3.8, 4) is 11.4 Å². The highest BCUT2D eigenvalue weighted by molar-refractivity contribution is 6.19. The number of hydrogen-bond donors (Lipinski definition) is 0. The smallest absolute Gasteiger partial charge is 0.220 e. The van der Waals surface area contributed by atoms with Crippen molar-refractivity contribution in [2.45, 2.75) is 0 Å². The lowest BCUT2D eigenvalue weighted by Gasteiger charge is -2.09. The highest BCUT2D eigenvalue weighted by atomic mass is 16.3. The molecule has 6 heterocycles. The minimum absolute atomic E-state index is 0.749. The first-order valence-electron chi connectivity index (χ1n) is 16.3. The van der Waals surface area contributed by atoms with Gasteiger partial charge in [-0.3, -0.25) is 14.0 Å². The second-order valence-electron chi connectivity index (χ2n) is 12.6. The number of fused-ring (bicyclic) bond motifs is 15. The third kappa shape index (κ3) is 3.12. The van der Waals surface area contributed by atoms with Crippen molar-refractivity contribution in [3.63, 3.8) is 0 Å². The Hall–Kier alpha value is -6.86. The Bertz CT molecular complexity index is 3350. The summed E-state index contributed by atoms with van der Waals surface area (Å²) in [4.78, 5) is 10.3. The predicted molar refractivity (Wildman–Crippen MR) is 196 cm³/mol. The van der Waals surface area contributed by atoms with E-state index in [1.54, 1.807) is 0 Å². The summed E-state index contributed by atoms with van der Waals surface area (Å²) in [6, 6.07) is 46.2. The number of rotatable bonds is 2. The quantitative estimate of drug-likeness (QED) is 0.191. The molecule has 6 aromatic carbocycles. The standard InChI is InChI=1S/C42H23N5O2/c1-4-14-29-24(10-1)26-20-21-32-38(39(26)45(29)34-22-23-43-37-28-12-3-8-19-36(28)49-41(34)37)44-42-46(32)30-15-5-6-16-31(30)47(42)33-17-9-13-27-25-11-2-7-18-35(25)48-40(27)33/h1-23H. The van der Waals surface area contributed by atoms with E-state index in [1.807, 2.05) is 42.6 Å². The minimum Gasteiger partial charge on any atom is -0.454 e. The van der Waals surface area contributed by atoms with Gasteiger partial charge in [-0.05, 0) is 60.7 Å². The molecule has 0 aliphatic carbocycles. The van der Waals surface area contributed by atoms with Crippen LogP contribution in [0.2, 0.25) is 0 Å². The van der Waals surface area contributed by atoms with E-state index in [9.17, 15) is 0 Å². The molecule has 7 heteroatoms. The van der Waals surface area contributed by atoms with Gasteiger partial charge in [0.2, 0.25) is 5.78 Å². The number of aromatic nitrogens is 5. The van der Waals surface area contributed by atoms with E-state index in [0.717, 1.165) is 105 Å². The minimum atomic E-state index is 0.749. The van der Waals surface area contributed by atoms with Crippen molar-refractivity contribution >= 4 is 93.7 Å². The largest absolute Gasteiger partial charge is 0.454 e. The zero-order chi connectivity index (χ0) is 31.8. The average Bonchev–Trinajstić information content (AvgIpc) is 3.95. The number of furan rings is 2. The SMILES string of the molecule is c1ccc2c(c1)oc1c(-n3c4ccccc4n4c5ccc6c7ccccc7n(-c7ccnc8c7oc7ccccc78)c6c5nc34)cccc12. The van der Waals surface area contributed by atoms with Crippen molar-refractivity contribution in [1.29, 1.82) is 0 Å². The molecular weight excluding hydrogens is 606 g/mol. The number of hydrogen-bond acceptors (Lipinski definition) is 4. The molecule has 6 aromatic heterocycles. The van der Waals surface area contributed by atoms with Crippen LogP contribution in [0.15, 0.2) is 148 Å². The molecule has 0 unspecified atom stereocenters. The van der Waals surface area contributed by atoms with Crippen LogP contribution in [0.5, 0.6) is 0 Å². The van der Waals surface area contributed by atoms with Crippen LogP contribution in [-0.4, -0.2) is 23.5 Å². The van der Waals surface area contributed by atoms with Gasteiger partial charge in [0.1, 0.15) is 22.2 Å². The number of nitrogens with zero attached hydrogens (tertiary/aromatic N) is 5. The Morgan fingerprint density at radius 1 is 0.429 bits per heavy atom. The summed E-state index contributed by atoms with van der Waals surface area (Å²) in [5, 5.41) is 5.45. The van der Waals surface area contributed by atoms with E-state index in [1.165, 1.54) is 0 Å². The monoisotopic (exact) mass is 629 g/mol. The van der Waals surface area contributed by atoms with Gasteiger partial charge in [0.15, 0.2) is 11.2 Å². The van der Waals surface area contributed by atoms with Gasteiger partial charge >= 0.3 is 0 Å². The first-order chi connectivity index (χ1) is 24.3. The zero-order valence-corrected chi connectivity index (χ0v) is 25.8. The van der Waals surface area contributed by atoms with Gasteiger partial charge in [-0.2, -0.15) is 0 Å².